The van der Waals surface area contributed by atoms with Crippen LogP contribution < -0.4 is 10.9 Å². The fraction of sp³-hybridized carbons (Fsp3) is 0.250. The molecule has 98 valence electrons. The third kappa shape index (κ3) is 3.44. The molecule has 0 radical (unpaired) electrons. The molecule has 1 N–H and O–H groups in total. The second-order valence-corrected chi connectivity index (χ2v) is 3.91. The molecule has 2 aromatic rings. The van der Waals surface area contributed by atoms with E-state index in [9.17, 15) is 9.59 Å². The lowest BCUT2D eigenvalue weighted by molar-refractivity contribution is 0.0946. The van der Waals surface area contributed by atoms with Crippen LogP contribution in [0, 0.1) is 6.92 Å². The second kappa shape index (κ2) is 5.85. The fourth-order valence-corrected chi connectivity index (χ4v) is 1.44. The summed E-state index contributed by atoms with van der Waals surface area (Å²) in [5, 5.41) is 2.67. The largest absolute Gasteiger partial charge is 0.349 e. The number of carbonyl (C=O) groups excluding carboxylic acids is 1. The Bertz CT molecular complexity index is 621. The Balaban J connectivity index is 1.89. The molecule has 0 unspecified atom stereocenters. The zero-order valence-corrected chi connectivity index (χ0v) is 10.4. The summed E-state index contributed by atoms with van der Waals surface area (Å²) in [7, 11) is 0. The maximum absolute atomic E-state index is 11.7. The molecule has 2 rings (SSSR count). The van der Waals surface area contributed by atoms with Crippen LogP contribution in [0.25, 0.3) is 0 Å². The minimum absolute atomic E-state index is 0.153. The van der Waals surface area contributed by atoms with Crippen LogP contribution in [0.15, 0.2) is 35.8 Å². The van der Waals surface area contributed by atoms with Gasteiger partial charge in [-0.3, -0.25) is 19.1 Å². The Morgan fingerprint density at radius 1 is 1.37 bits per heavy atom. The molecule has 0 saturated carbocycles. The van der Waals surface area contributed by atoms with Crippen LogP contribution in [0.5, 0.6) is 0 Å². The van der Waals surface area contributed by atoms with E-state index in [0.717, 1.165) is 5.69 Å². The normalized spacial score (nSPS) is 10.2. The van der Waals surface area contributed by atoms with Crippen molar-refractivity contribution in [3.05, 3.63) is 52.7 Å². The number of nitrogens with one attached hydrogen (secondary N) is 1. The molecule has 0 aromatic carbocycles. The van der Waals surface area contributed by atoms with Gasteiger partial charge in [-0.05, 0) is 6.92 Å². The maximum atomic E-state index is 11.7. The molecule has 0 spiro atoms. The average Bonchev–Trinajstić information content (AvgIpc) is 2.41. The zero-order chi connectivity index (χ0) is 13.7. The predicted molar refractivity (Wildman–Crippen MR) is 67.6 cm³/mol. The third-order valence-corrected chi connectivity index (χ3v) is 2.44. The van der Waals surface area contributed by atoms with Crippen molar-refractivity contribution < 1.29 is 4.79 Å². The first-order valence-electron chi connectivity index (χ1n) is 5.74. The van der Waals surface area contributed by atoms with Crippen molar-refractivity contribution in [2.24, 2.45) is 0 Å². The summed E-state index contributed by atoms with van der Waals surface area (Å²) in [5.74, 6) is -0.315. The Kier molecular flexibility index (Phi) is 3.97. The van der Waals surface area contributed by atoms with Gasteiger partial charge in [0.25, 0.3) is 11.5 Å². The third-order valence-electron chi connectivity index (χ3n) is 2.44. The van der Waals surface area contributed by atoms with Gasteiger partial charge in [-0.15, -0.1) is 0 Å². The fourth-order valence-electron chi connectivity index (χ4n) is 1.44. The van der Waals surface area contributed by atoms with Crippen molar-refractivity contribution in [1.82, 2.24) is 24.8 Å². The number of hydrogen-bond acceptors (Lipinski definition) is 5. The van der Waals surface area contributed by atoms with Gasteiger partial charge < -0.3 is 5.32 Å². The molecule has 1 amide bonds. The van der Waals surface area contributed by atoms with Gasteiger partial charge in [-0.25, -0.2) is 9.97 Å². The topological polar surface area (TPSA) is 89.8 Å². The van der Waals surface area contributed by atoms with E-state index in [1.54, 1.807) is 6.92 Å². The summed E-state index contributed by atoms with van der Waals surface area (Å²) in [4.78, 5) is 34.9. The van der Waals surface area contributed by atoms with E-state index < -0.39 is 0 Å². The summed E-state index contributed by atoms with van der Waals surface area (Å²) in [6, 6.07) is 1.37. The van der Waals surface area contributed by atoms with Gasteiger partial charge >= 0.3 is 0 Å². The molecule has 0 bridgehead atoms. The quantitative estimate of drug-likeness (QED) is 0.819. The summed E-state index contributed by atoms with van der Waals surface area (Å²) in [6.45, 7) is 2.47. The highest BCUT2D eigenvalue weighted by Crippen LogP contribution is 1.93. The number of rotatable bonds is 4. The van der Waals surface area contributed by atoms with E-state index in [0.29, 0.717) is 13.1 Å². The van der Waals surface area contributed by atoms with E-state index in [4.69, 9.17) is 0 Å². The van der Waals surface area contributed by atoms with Gasteiger partial charge in [0.1, 0.15) is 5.69 Å². The molecule has 2 heterocycles. The minimum atomic E-state index is -0.315. The van der Waals surface area contributed by atoms with Crippen LogP contribution in [0.4, 0.5) is 0 Å². The standard InChI is InChI=1S/C12H13N5O2/c1-9-6-16-10(7-15-9)12(19)14-4-5-17-8-13-3-2-11(17)18/h2-3,6-8H,4-5H2,1H3,(H,14,19). The summed E-state index contributed by atoms with van der Waals surface area (Å²) < 4.78 is 1.42. The van der Waals surface area contributed by atoms with Gasteiger partial charge in [0, 0.05) is 31.5 Å². The first-order valence-corrected chi connectivity index (χ1v) is 5.74. The predicted octanol–water partition coefficient (Wildman–Crippen LogP) is -0.228. The lowest BCUT2D eigenvalue weighted by atomic mass is 10.4. The SMILES string of the molecule is Cc1cnc(C(=O)NCCn2cnccc2=O)cn1. The van der Waals surface area contributed by atoms with Gasteiger partial charge in [-0.1, -0.05) is 0 Å². The molecule has 2 aromatic heterocycles. The molecule has 0 fully saturated rings. The summed E-state index contributed by atoms with van der Waals surface area (Å²) >= 11 is 0. The van der Waals surface area contributed by atoms with Crippen molar-refractivity contribution in [3.63, 3.8) is 0 Å². The van der Waals surface area contributed by atoms with E-state index in [2.05, 4.69) is 20.3 Å². The molecular formula is C12H13N5O2. The number of nitrogens with zero attached hydrogens (tertiary/aromatic N) is 4. The summed E-state index contributed by atoms with van der Waals surface area (Å²) in [6.07, 6.45) is 5.81. The Morgan fingerprint density at radius 2 is 2.21 bits per heavy atom. The van der Waals surface area contributed by atoms with Crippen LogP contribution in [0.2, 0.25) is 0 Å². The van der Waals surface area contributed by atoms with Crippen molar-refractivity contribution in [1.29, 1.82) is 0 Å². The molecular weight excluding hydrogens is 246 g/mol. The van der Waals surface area contributed by atoms with Crippen LogP contribution in [0.1, 0.15) is 16.2 Å². The lowest BCUT2D eigenvalue weighted by Crippen LogP contribution is -2.31. The number of carbonyl (C=O) groups is 1. The van der Waals surface area contributed by atoms with Crippen LogP contribution in [-0.2, 0) is 6.54 Å². The molecule has 0 saturated heterocycles. The van der Waals surface area contributed by atoms with E-state index >= 15 is 0 Å². The number of aromatic nitrogens is 4. The highest BCUT2D eigenvalue weighted by Gasteiger charge is 2.06. The molecule has 0 aliphatic heterocycles. The van der Waals surface area contributed by atoms with E-state index in [1.807, 2.05) is 0 Å². The van der Waals surface area contributed by atoms with Crippen molar-refractivity contribution >= 4 is 5.91 Å². The second-order valence-electron chi connectivity index (χ2n) is 3.91. The molecule has 7 heteroatoms. The molecule has 19 heavy (non-hydrogen) atoms. The van der Waals surface area contributed by atoms with E-state index in [1.165, 1.54) is 35.6 Å². The lowest BCUT2D eigenvalue weighted by Gasteiger charge is -2.06. The van der Waals surface area contributed by atoms with Crippen LogP contribution in [0.3, 0.4) is 0 Å². The minimum Gasteiger partial charge on any atom is -0.349 e. The zero-order valence-electron chi connectivity index (χ0n) is 10.4. The number of aryl methyl sites for hydroxylation is 1. The number of amides is 1. The first kappa shape index (κ1) is 12.9. The van der Waals surface area contributed by atoms with Crippen LogP contribution in [-0.4, -0.2) is 32.0 Å². The number of hydrogen-bond donors (Lipinski definition) is 1. The van der Waals surface area contributed by atoms with Gasteiger partial charge in [-0.2, -0.15) is 0 Å². The van der Waals surface area contributed by atoms with Crippen LogP contribution >= 0.6 is 0 Å². The van der Waals surface area contributed by atoms with Crippen molar-refractivity contribution in [2.75, 3.05) is 6.54 Å². The summed E-state index contributed by atoms with van der Waals surface area (Å²) in [5.41, 5.74) is 0.849. The van der Waals surface area contributed by atoms with Gasteiger partial charge in [0.2, 0.25) is 0 Å². The maximum Gasteiger partial charge on any atom is 0.271 e. The van der Waals surface area contributed by atoms with Crippen molar-refractivity contribution in [3.8, 4) is 0 Å². The monoisotopic (exact) mass is 259 g/mol. The van der Waals surface area contributed by atoms with Crippen molar-refractivity contribution in [2.45, 2.75) is 13.5 Å². The Morgan fingerprint density at radius 3 is 2.89 bits per heavy atom. The first-order chi connectivity index (χ1) is 9.16. The highest BCUT2D eigenvalue weighted by molar-refractivity contribution is 5.91. The molecule has 0 atom stereocenters. The Hall–Kier alpha value is -2.57. The average molecular weight is 259 g/mol. The smallest absolute Gasteiger partial charge is 0.271 e. The Labute approximate surface area is 109 Å². The highest BCUT2D eigenvalue weighted by atomic mass is 16.2. The molecule has 7 nitrogen and oxygen atoms in total. The molecule has 0 aliphatic rings. The van der Waals surface area contributed by atoms with Gasteiger partial charge in [0.15, 0.2) is 0 Å². The van der Waals surface area contributed by atoms with Gasteiger partial charge in [0.05, 0.1) is 18.2 Å². The van der Waals surface area contributed by atoms with E-state index in [-0.39, 0.29) is 17.2 Å². The molecule has 0 aliphatic carbocycles.